The minimum Gasteiger partial charge on any atom is -0.424 e. The van der Waals surface area contributed by atoms with Gasteiger partial charge in [0, 0.05) is 49.0 Å². The van der Waals surface area contributed by atoms with Crippen molar-refractivity contribution in [1.82, 2.24) is 24.4 Å². The first kappa shape index (κ1) is 24.6. The van der Waals surface area contributed by atoms with Crippen LogP contribution in [0.15, 0.2) is 57.9 Å². The molecule has 34 heavy (non-hydrogen) atoms. The quantitative estimate of drug-likeness (QED) is 0.459. The standard InChI is InChI=1S/C23H29BrN6O3S/c1-4-30-22(17(2)27-34(31,32)21-10-5-7-18(24)15-21)25-26-23(30)33-20-9-6-8-19(16-20)29-13-11-28(3)12-14-29/h5-10,15-17,27H,4,11-14H2,1-3H3/t17-/m1/s1. The zero-order valence-electron chi connectivity index (χ0n) is 19.5. The second-order valence-electron chi connectivity index (χ2n) is 8.28. The summed E-state index contributed by atoms with van der Waals surface area (Å²) in [6, 6.07) is 14.2. The van der Waals surface area contributed by atoms with E-state index in [1.807, 2.05) is 25.1 Å². The molecule has 9 nitrogen and oxygen atoms in total. The fourth-order valence-electron chi connectivity index (χ4n) is 3.89. The highest BCUT2D eigenvalue weighted by molar-refractivity contribution is 9.10. The molecule has 0 unspecified atom stereocenters. The summed E-state index contributed by atoms with van der Waals surface area (Å²) in [5, 5.41) is 8.44. The highest BCUT2D eigenvalue weighted by Gasteiger charge is 2.24. The normalized spacial score (nSPS) is 15.9. The first-order chi connectivity index (χ1) is 16.3. The van der Waals surface area contributed by atoms with Crippen molar-refractivity contribution in [1.29, 1.82) is 0 Å². The summed E-state index contributed by atoms with van der Waals surface area (Å²) >= 11 is 3.32. The Labute approximate surface area is 208 Å². The fourth-order valence-corrected chi connectivity index (χ4v) is 5.69. The summed E-state index contributed by atoms with van der Waals surface area (Å²) in [4.78, 5) is 4.82. The summed E-state index contributed by atoms with van der Waals surface area (Å²) in [5.74, 6) is 1.14. The number of nitrogens with zero attached hydrogens (tertiary/aromatic N) is 5. The average Bonchev–Trinajstić information content (AvgIpc) is 3.22. The molecule has 1 N–H and O–H groups in total. The van der Waals surface area contributed by atoms with E-state index < -0.39 is 16.1 Å². The number of nitrogens with one attached hydrogen (secondary N) is 1. The van der Waals surface area contributed by atoms with Crippen LogP contribution in [-0.4, -0.2) is 61.3 Å². The summed E-state index contributed by atoms with van der Waals surface area (Å²) in [7, 11) is -1.61. The predicted octanol–water partition coefficient (Wildman–Crippen LogP) is 3.64. The van der Waals surface area contributed by atoms with Crippen LogP contribution in [0, 0.1) is 0 Å². The van der Waals surface area contributed by atoms with Crippen molar-refractivity contribution in [2.45, 2.75) is 31.3 Å². The largest absolute Gasteiger partial charge is 0.424 e. The van der Waals surface area contributed by atoms with Crippen molar-refractivity contribution in [3.05, 3.63) is 58.8 Å². The molecule has 4 rings (SSSR count). The number of rotatable bonds is 8. The number of halogens is 1. The molecule has 182 valence electrons. The van der Waals surface area contributed by atoms with E-state index in [2.05, 4.69) is 53.8 Å². The molecule has 2 aromatic carbocycles. The van der Waals surface area contributed by atoms with Crippen LogP contribution in [0.2, 0.25) is 0 Å². The van der Waals surface area contributed by atoms with Crippen LogP contribution in [0.25, 0.3) is 0 Å². The molecule has 1 aliphatic rings. The molecule has 1 aliphatic heterocycles. The third-order valence-electron chi connectivity index (χ3n) is 5.78. The molecular weight excluding hydrogens is 520 g/mol. The lowest BCUT2D eigenvalue weighted by molar-refractivity contribution is 0.312. The van der Waals surface area contributed by atoms with E-state index in [1.165, 1.54) is 0 Å². The Morgan fingerprint density at radius 1 is 1.09 bits per heavy atom. The lowest BCUT2D eigenvalue weighted by Crippen LogP contribution is -2.44. The van der Waals surface area contributed by atoms with Crippen molar-refractivity contribution in [2.75, 3.05) is 38.1 Å². The highest BCUT2D eigenvalue weighted by atomic mass is 79.9. The third kappa shape index (κ3) is 5.60. The SMILES string of the molecule is CCn1c(Oc2cccc(N3CCN(C)CC3)c2)nnc1[C@@H](C)NS(=O)(=O)c1cccc(Br)c1. The van der Waals surface area contributed by atoms with E-state index >= 15 is 0 Å². The summed E-state index contributed by atoms with van der Waals surface area (Å²) in [6.07, 6.45) is 0. The second-order valence-corrected chi connectivity index (χ2v) is 10.9. The van der Waals surface area contributed by atoms with Crippen molar-refractivity contribution in [3.8, 4) is 11.8 Å². The molecule has 0 spiro atoms. The van der Waals surface area contributed by atoms with Crippen LogP contribution in [0.3, 0.4) is 0 Å². The molecule has 0 saturated carbocycles. The first-order valence-electron chi connectivity index (χ1n) is 11.2. The maximum atomic E-state index is 12.8. The number of hydrogen-bond donors (Lipinski definition) is 1. The molecule has 11 heteroatoms. The van der Waals surface area contributed by atoms with Crippen LogP contribution in [0.4, 0.5) is 5.69 Å². The Kier molecular flexibility index (Phi) is 7.56. The lowest BCUT2D eigenvalue weighted by atomic mass is 10.2. The number of aromatic nitrogens is 3. The summed E-state index contributed by atoms with van der Waals surface area (Å²) in [5.41, 5.74) is 1.10. The van der Waals surface area contributed by atoms with Gasteiger partial charge in [-0.3, -0.25) is 4.57 Å². The van der Waals surface area contributed by atoms with Crippen molar-refractivity contribution >= 4 is 31.6 Å². The van der Waals surface area contributed by atoms with Crippen molar-refractivity contribution in [2.24, 2.45) is 0 Å². The van der Waals surface area contributed by atoms with Gasteiger partial charge in [0.1, 0.15) is 5.75 Å². The molecule has 1 fully saturated rings. The van der Waals surface area contributed by atoms with Gasteiger partial charge < -0.3 is 14.5 Å². The fraction of sp³-hybridized carbons (Fsp3) is 0.391. The zero-order valence-corrected chi connectivity index (χ0v) is 21.9. The van der Waals surface area contributed by atoms with Crippen molar-refractivity contribution in [3.63, 3.8) is 0 Å². The number of hydrogen-bond acceptors (Lipinski definition) is 7. The Morgan fingerprint density at radius 3 is 2.53 bits per heavy atom. The van der Waals surface area contributed by atoms with Crippen LogP contribution in [0.1, 0.15) is 25.7 Å². The van der Waals surface area contributed by atoms with Crippen molar-refractivity contribution < 1.29 is 13.2 Å². The van der Waals surface area contributed by atoms with E-state index in [0.717, 1.165) is 31.9 Å². The second kappa shape index (κ2) is 10.4. The molecule has 3 aromatic rings. The first-order valence-corrected chi connectivity index (χ1v) is 13.5. The molecular formula is C23H29BrN6O3S. The predicted molar refractivity (Wildman–Crippen MR) is 135 cm³/mol. The Bertz CT molecular complexity index is 1240. The van der Waals surface area contributed by atoms with E-state index in [-0.39, 0.29) is 4.90 Å². The average molecular weight is 549 g/mol. The van der Waals surface area contributed by atoms with Gasteiger partial charge in [-0.1, -0.05) is 33.2 Å². The van der Waals surface area contributed by atoms with Crippen LogP contribution in [-0.2, 0) is 16.6 Å². The maximum absolute atomic E-state index is 12.8. The molecule has 1 aromatic heterocycles. The van der Waals surface area contributed by atoms with Gasteiger partial charge in [0.05, 0.1) is 10.9 Å². The lowest BCUT2D eigenvalue weighted by Gasteiger charge is -2.34. The molecule has 1 atom stereocenters. The minimum absolute atomic E-state index is 0.175. The number of anilines is 1. The van der Waals surface area contributed by atoms with Gasteiger partial charge in [0.2, 0.25) is 10.0 Å². The Balaban J connectivity index is 1.51. The van der Waals surface area contributed by atoms with Gasteiger partial charge in [-0.15, -0.1) is 5.10 Å². The van der Waals surface area contributed by atoms with Gasteiger partial charge >= 0.3 is 6.01 Å². The molecule has 1 saturated heterocycles. The zero-order chi connectivity index (χ0) is 24.3. The maximum Gasteiger partial charge on any atom is 0.322 e. The van der Waals surface area contributed by atoms with Crippen LogP contribution >= 0.6 is 15.9 Å². The number of sulfonamides is 1. The summed E-state index contributed by atoms with van der Waals surface area (Å²) in [6.45, 7) is 8.17. The molecule has 2 heterocycles. The molecule has 0 bridgehead atoms. The van der Waals surface area contributed by atoms with E-state index in [4.69, 9.17) is 4.74 Å². The number of ether oxygens (including phenoxy) is 1. The van der Waals surface area contributed by atoms with Gasteiger partial charge in [0.15, 0.2) is 5.82 Å². The van der Waals surface area contributed by atoms with Crippen LogP contribution in [0.5, 0.6) is 11.8 Å². The van der Waals surface area contributed by atoms with E-state index in [0.29, 0.717) is 28.6 Å². The highest BCUT2D eigenvalue weighted by Crippen LogP contribution is 2.28. The molecule has 0 amide bonds. The smallest absolute Gasteiger partial charge is 0.322 e. The van der Waals surface area contributed by atoms with Gasteiger partial charge in [-0.05, 0) is 51.2 Å². The number of likely N-dealkylation sites (N-methyl/N-ethyl adjacent to an activating group) is 1. The number of benzene rings is 2. The third-order valence-corrected chi connectivity index (χ3v) is 7.81. The Hall–Kier alpha value is -2.47. The van der Waals surface area contributed by atoms with Crippen LogP contribution < -0.4 is 14.4 Å². The monoisotopic (exact) mass is 548 g/mol. The van der Waals surface area contributed by atoms with E-state index in [1.54, 1.807) is 35.8 Å². The molecule has 0 aliphatic carbocycles. The van der Waals surface area contributed by atoms with Gasteiger partial charge in [-0.2, -0.15) is 0 Å². The van der Waals surface area contributed by atoms with Gasteiger partial charge in [0.25, 0.3) is 0 Å². The Morgan fingerprint density at radius 2 is 1.82 bits per heavy atom. The minimum atomic E-state index is -3.74. The summed E-state index contributed by atoms with van der Waals surface area (Å²) < 4.78 is 36.9. The topological polar surface area (TPSA) is 92.6 Å². The van der Waals surface area contributed by atoms with E-state index in [9.17, 15) is 8.42 Å². The van der Waals surface area contributed by atoms with Gasteiger partial charge in [-0.25, -0.2) is 13.1 Å². The molecule has 0 radical (unpaired) electrons. The number of piperazine rings is 1.